The van der Waals surface area contributed by atoms with Crippen LogP contribution in [0.4, 0.5) is 13.9 Å². The number of thiazole rings is 1. The molecule has 0 saturated heterocycles. The maximum absolute atomic E-state index is 13.2. The van der Waals surface area contributed by atoms with Gasteiger partial charge < -0.3 is 56.6 Å². The number of nitrogens with zero attached hydrogens (tertiary/aromatic N) is 16. The normalized spacial score (nSPS) is 10.9. The summed E-state index contributed by atoms with van der Waals surface area (Å²) in [5.41, 5.74) is 1.68. The van der Waals surface area contributed by atoms with E-state index in [4.69, 9.17) is 0 Å². The number of aromatic nitrogens is 15. The number of unbranched alkanes of at least 4 members (excludes halogenated alkanes) is 2. The van der Waals surface area contributed by atoms with Crippen LogP contribution in [0.3, 0.4) is 0 Å². The number of fused-ring (bicyclic) bond motifs is 8. The zero-order valence-electron chi connectivity index (χ0n) is 73.9. The molecule has 41 heteroatoms. The number of halogens is 2. The van der Waals surface area contributed by atoms with Crippen molar-refractivity contribution in [3.8, 4) is 40.2 Å². The Hall–Kier alpha value is -16.9. The molecule has 0 fully saturated rings. The lowest BCUT2D eigenvalue weighted by molar-refractivity contribution is 0.0939. The van der Waals surface area contributed by atoms with E-state index in [9.17, 15) is 97.3 Å². The van der Waals surface area contributed by atoms with Crippen molar-refractivity contribution in [2.75, 3.05) is 38.0 Å². The van der Waals surface area contributed by atoms with Crippen LogP contribution < -0.4 is 60.2 Å². The molecule has 15 heterocycles. The number of likely N-dealkylation sites (N-methyl/N-ethyl adjacent to an activating group) is 1. The van der Waals surface area contributed by atoms with Crippen LogP contribution >= 0.6 is 11.3 Å². The molecule has 698 valence electrons. The van der Waals surface area contributed by atoms with Crippen molar-refractivity contribution in [3.05, 3.63) is 343 Å². The Labute approximate surface area is 768 Å². The monoisotopic (exact) mass is 1860 g/mol. The fourth-order valence-corrected chi connectivity index (χ4v) is 14.0. The summed E-state index contributed by atoms with van der Waals surface area (Å²) in [6.07, 6.45) is 26.0. The number of amides is 4. The maximum Gasteiger partial charge on any atom is 0.270 e. The SMILES string of the molecule is CC(C)c1cnc2c(O)cccn2c1=O.CCCCNC(=O)c1cnc2c(O)cccn2c1=O.CCCCc1cnc2c(O)cccn2c1=O.CCCc1cnc2c(O)cccn2c1=O.CCN(CC)CCNC(=O)c1cnc2c(O)cccn2c1=O.O=C(NCc1ccc(F)cc1)c1cnc2c(O)cccn2c1=O.O=C(Nc1nc2ccc(F)cc2s1)c1cnc2c(O)cccn2c1=O. The molecule has 0 atom stereocenters. The van der Waals surface area contributed by atoms with Crippen molar-refractivity contribution in [1.82, 2.24) is 91.5 Å². The molecule has 0 saturated carbocycles. The molecule has 0 aliphatic rings. The highest BCUT2D eigenvalue weighted by Crippen LogP contribution is 2.28. The number of anilines is 1. The average Bonchev–Trinajstić information content (AvgIpc) is 1.69. The molecule has 0 spiro atoms. The molecule has 4 amide bonds. The molecule has 11 N–H and O–H groups in total. The third-order valence-electron chi connectivity index (χ3n) is 20.4. The molecule has 2 aromatic carbocycles. The fraction of sp³-hybridized carbons (Fsp3) is 0.223. The lowest BCUT2D eigenvalue weighted by atomic mass is 10.1. The number of benzene rings is 2. The predicted molar refractivity (Wildman–Crippen MR) is 501 cm³/mol. The Balaban J connectivity index is 0.000000153. The largest absolute Gasteiger partial charge is 0.504 e. The van der Waals surface area contributed by atoms with E-state index >= 15 is 0 Å². The second-order valence-corrected chi connectivity index (χ2v) is 31.0. The van der Waals surface area contributed by atoms with Gasteiger partial charge in [-0.3, -0.25) is 88.9 Å². The van der Waals surface area contributed by atoms with Gasteiger partial charge in [-0.1, -0.05) is 91.2 Å². The molecule has 0 aliphatic carbocycles. The van der Waals surface area contributed by atoms with Gasteiger partial charge >= 0.3 is 0 Å². The number of carbonyl (C=O) groups excluding carboxylic acids is 4. The van der Waals surface area contributed by atoms with Gasteiger partial charge in [0, 0.05) is 130 Å². The Morgan fingerprint density at radius 3 is 1.10 bits per heavy atom. The first-order valence-electron chi connectivity index (χ1n) is 42.4. The average molecular weight is 1860 g/mol. The summed E-state index contributed by atoms with van der Waals surface area (Å²) < 4.78 is 35.3. The summed E-state index contributed by atoms with van der Waals surface area (Å²) in [7, 11) is 0. The second-order valence-electron chi connectivity index (χ2n) is 30.0. The van der Waals surface area contributed by atoms with E-state index in [1.165, 1.54) is 154 Å². The molecule has 0 radical (unpaired) electrons. The first kappa shape index (κ1) is 98.7. The van der Waals surface area contributed by atoms with Gasteiger partial charge in [-0.2, -0.15) is 0 Å². The van der Waals surface area contributed by atoms with Gasteiger partial charge in [0.05, 0.1) is 10.2 Å². The Kier molecular flexibility index (Phi) is 33.7. The molecule has 0 aliphatic heterocycles. The van der Waals surface area contributed by atoms with Crippen LogP contribution in [-0.2, 0) is 19.4 Å². The van der Waals surface area contributed by atoms with Crippen molar-refractivity contribution < 1.29 is 63.7 Å². The smallest absolute Gasteiger partial charge is 0.270 e. The van der Waals surface area contributed by atoms with Crippen molar-refractivity contribution in [2.24, 2.45) is 0 Å². The number of pyridine rings is 7. The first-order valence-corrected chi connectivity index (χ1v) is 43.2. The second kappa shape index (κ2) is 46.1. The molecule has 135 heavy (non-hydrogen) atoms. The highest BCUT2D eigenvalue weighted by Gasteiger charge is 2.22. The fourth-order valence-electron chi connectivity index (χ4n) is 13.2. The van der Waals surface area contributed by atoms with Crippen LogP contribution in [0.5, 0.6) is 40.2 Å². The van der Waals surface area contributed by atoms with Crippen molar-refractivity contribution in [1.29, 1.82) is 0 Å². The van der Waals surface area contributed by atoms with E-state index in [-0.39, 0.29) is 125 Å². The summed E-state index contributed by atoms with van der Waals surface area (Å²) in [5, 5.41) is 77.8. The molecule has 17 rings (SSSR count). The predicted octanol–water partition coefficient (Wildman–Crippen LogP) is 9.89. The number of hydrogen-bond acceptors (Lipinski definition) is 28. The molecular weight excluding hydrogens is 1770 g/mol. The zero-order valence-corrected chi connectivity index (χ0v) is 74.7. The summed E-state index contributed by atoms with van der Waals surface area (Å²) in [5.74, 6) is -3.25. The van der Waals surface area contributed by atoms with E-state index < -0.39 is 51.7 Å². The van der Waals surface area contributed by atoms with Crippen molar-refractivity contribution in [3.63, 3.8) is 0 Å². The van der Waals surface area contributed by atoms with Crippen LogP contribution in [0.15, 0.2) is 248 Å². The minimum Gasteiger partial charge on any atom is -0.504 e. The van der Waals surface area contributed by atoms with Gasteiger partial charge in [-0.15, -0.1) is 0 Å². The number of aryl methyl sites for hydroxylation is 2. The Bertz CT molecular complexity index is 7670. The van der Waals surface area contributed by atoms with Crippen LogP contribution in [0.25, 0.3) is 49.7 Å². The van der Waals surface area contributed by atoms with Gasteiger partial charge in [0.2, 0.25) is 0 Å². The van der Waals surface area contributed by atoms with E-state index in [0.717, 1.165) is 99.5 Å². The van der Waals surface area contributed by atoms with E-state index in [0.29, 0.717) is 68.9 Å². The summed E-state index contributed by atoms with van der Waals surface area (Å²) >= 11 is 1.09. The molecule has 15 aromatic heterocycles. The van der Waals surface area contributed by atoms with Crippen LogP contribution in [0.1, 0.15) is 150 Å². The first-order chi connectivity index (χ1) is 64.9. The van der Waals surface area contributed by atoms with Gasteiger partial charge in [-0.25, -0.2) is 48.7 Å². The van der Waals surface area contributed by atoms with Gasteiger partial charge in [0.1, 0.15) is 33.9 Å². The van der Waals surface area contributed by atoms with E-state index in [2.05, 4.69) is 86.8 Å². The van der Waals surface area contributed by atoms with Crippen molar-refractivity contribution >= 4 is 89.8 Å². The van der Waals surface area contributed by atoms with E-state index in [1.54, 1.807) is 61.3 Å². The quantitative estimate of drug-likeness (QED) is 0.0298. The van der Waals surface area contributed by atoms with Gasteiger partial charge in [0.15, 0.2) is 84.9 Å². The Morgan fingerprint density at radius 1 is 0.385 bits per heavy atom. The standard InChI is InChI=1S/C16H9FN4O3S.C16H12FN3O3.C15H20N4O3.C13H15N3O3.C12H14N2O2.2C11H12N2O2/c17-8-3-4-10-12(6-8)25-16(19-10)20-14(23)9-7-18-13-11(22)2-1-5-21(13)15(9)24;17-11-5-3-10(4-6-11)8-19-15(22)12-9-18-14-13(21)2-1-7-20(14)16(12)23;1-3-18(4-2)9-7-16-14(21)11-10-17-13-12(20)6-5-8-19(13)15(11)22;1-2-3-6-14-12(18)9-8-15-11-10(17)5-4-7-16(11)13(9)19;1-2-3-5-9-8-13-11-10(15)6-4-7-14(11)12(9)16;1-7(2)8-6-12-10-9(14)4-3-5-13(10)11(8)15;1-2-4-8-7-12-10-9(14)5-3-6-13(10)11(8)15/h1-7,22H,(H,19,20,23);1-7,9,21H,8H2,(H,19,22);5-6,8,10,20H,3-4,7,9H2,1-2H3,(H,16,21);4-5,7-8,17H,2-3,6H2,1H3,(H,14,18);4,6-8,15H,2-3,5H2,1H3;3-7,14H,1-2H3;3,5-7,14H,2,4H2,1H3. The molecule has 0 bridgehead atoms. The minimum absolute atomic E-state index is 0.0184. The van der Waals surface area contributed by atoms with Crippen molar-refractivity contribution in [2.45, 2.75) is 106 Å². The van der Waals surface area contributed by atoms with Gasteiger partial charge in [0.25, 0.3) is 62.5 Å². The lowest BCUT2D eigenvalue weighted by Crippen LogP contribution is -2.37. The van der Waals surface area contributed by atoms with Crippen LogP contribution in [-0.4, -0.2) is 168 Å². The molecule has 38 nitrogen and oxygen atoms in total. The number of rotatable bonds is 21. The number of carbonyl (C=O) groups is 4. The zero-order chi connectivity index (χ0) is 97.3. The lowest BCUT2D eigenvalue weighted by Gasteiger charge is -2.17. The number of hydrogen-bond donors (Lipinski definition) is 11. The highest BCUT2D eigenvalue weighted by molar-refractivity contribution is 7.22. The topological polar surface area (TPSA) is 515 Å². The highest BCUT2D eigenvalue weighted by atomic mass is 32.1. The summed E-state index contributed by atoms with van der Waals surface area (Å²) in [4.78, 5) is 168. The number of nitrogens with one attached hydrogen (secondary N) is 4. The molecular formula is C94H94F2N20O18S. The molecule has 17 aromatic rings. The Morgan fingerprint density at radius 2 is 0.726 bits per heavy atom. The third kappa shape index (κ3) is 24.0. The summed E-state index contributed by atoms with van der Waals surface area (Å²) in [6, 6.07) is 30.8. The minimum atomic E-state index is -0.685. The molecule has 0 unspecified atom stereocenters. The van der Waals surface area contributed by atoms with Crippen LogP contribution in [0.2, 0.25) is 0 Å². The maximum atomic E-state index is 13.2. The van der Waals surface area contributed by atoms with E-state index in [1.807, 2.05) is 27.7 Å². The summed E-state index contributed by atoms with van der Waals surface area (Å²) in [6.45, 7) is 17.8. The van der Waals surface area contributed by atoms with Gasteiger partial charge in [-0.05, 0) is 166 Å². The third-order valence-corrected chi connectivity index (χ3v) is 21.4. The van der Waals surface area contributed by atoms with Crippen LogP contribution in [0, 0.1) is 11.6 Å². The number of aromatic hydroxyl groups is 7.